The predicted molar refractivity (Wildman–Crippen MR) is 114 cm³/mol. The first-order valence-electron chi connectivity index (χ1n) is 9.78. The lowest BCUT2D eigenvalue weighted by Gasteiger charge is -2.42. The Morgan fingerprint density at radius 2 is 2.24 bits per heavy atom. The minimum absolute atomic E-state index is 0.132. The number of hydrogen-bond donors (Lipinski definition) is 2. The Balaban J connectivity index is 1.51. The highest BCUT2D eigenvalue weighted by Gasteiger charge is 2.32. The summed E-state index contributed by atoms with van der Waals surface area (Å²) >= 11 is 0. The topological polar surface area (TPSA) is 88.1 Å². The fourth-order valence-electron chi connectivity index (χ4n) is 4.04. The lowest BCUT2D eigenvalue weighted by Crippen LogP contribution is -2.53. The Kier molecular flexibility index (Phi) is 5.09. The van der Waals surface area contributed by atoms with Crippen LogP contribution in [0, 0.1) is 17.2 Å². The van der Waals surface area contributed by atoms with Gasteiger partial charge in [0.1, 0.15) is 5.65 Å². The number of nitrogens with zero attached hydrogens (tertiary/aromatic N) is 4. The van der Waals surface area contributed by atoms with Crippen molar-refractivity contribution in [1.82, 2.24) is 14.9 Å². The fourth-order valence-corrected chi connectivity index (χ4v) is 4.04. The molecular weight excluding hydrogens is 364 g/mol. The highest BCUT2D eigenvalue weighted by atomic mass is 16.2. The van der Waals surface area contributed by atoms with Crippen molar-refractivity contribution in [2.75, 3.05) is 30.4 Å². The van der Waals surface area contributed by atoms with Crippen LogP contribution in [0.25, 0.3) is 11.0 Å². The molecular formula is C22H24N6O. The van der Waals surface area contributed by atoms with Gasteiger partial charge in [-0.2, -0.15) is 5.26 Å². The van der Waals surface area contributed by atoms with E-state index in [1.165, 1.54) is 0 Å². The predicted octanol–water partition coefficient (Wildman–Crippen LogP) is 3.81. The van der Waals surface area contributed by atoms with Crippen molar-refractivity contribution in [1.29, 1.82) is 5.26 Å². The normalized spacial score (nSPS) is 19.0. The van der Waals surface area contributed by atoms with E-state index in [1.807, 2.05) is 29.4 Å². The van der Waals surface area contributed by atoms with Gasteiger partial charge in [0.05, 0.1) is 11.6 Å². The van der Waals surface area contributed by atoms with Crippen LogP contribution in [0.3, 0.4) is 0 Å². The van der Waals surface area contributed by atoms with Crippen LogP contribution in [0.5, 0.6) is 0 Å². The largest absolute Gasteiger partial charge is 0.369 e. The number of anilines is 2. The van der Waals surface area contributed by atoms with Crippen LogP contribution in [0.4, 0.5) is 16.2 Å². The van der Waals surface area contributed by atoms with E-state index in [2.05, 4.69) is 40.2 Å². The number of pyridine rings is 1. The number of amides is 2. The number of H-pyrrole nitrogens is 1. The van der Waals surface area contributed by atoms with Gasteiger partial charge < -0.3 is 20.1 Å². The summed E-state index contributed by atoms with van der Waals surface area (Å²) in [4.78, 5) is 24.5. The monoisotopic (exact) mass is 388 g/mol. The van der Waals surface area contributed by atoms with Crippen LogP contribution in [-0.4, -0.2) is 47.1 Å². The van der Waals surface area contributed by atoms with Crippen LogP contribution < -0.4 is 10.2 Å². The number of hydrogen-bond acceptors (Lipinski definition) is 4. The number of benzene rings is 1. The number of likely N-dealkylation sites (N-methyl/N-ethyl adjacent to an activating group) is 1. The highest BCUT2D eigenvalue weighted by molar-refractivity contribution is 5.91. The Morgan fingerprint density at radius 3 is 3.07 bits per heavy atom. The summed E-state index contributed by atoms with van der Waals surface area (Å²) < 4.78 is 0. The number of aromatic amines is 1. The molecule has 1 saturated heterocycles. The number of carbonyl (C=O) groups is 1. The van der Waals surface area contributed by atoms with Crippen LogP contribution in [0.1, 0.15) is 18.9 Å². The van der Waals surface area contributed by atoms with Crippen LogP contribution in [0.15, 0.2) is 48.8 Å². The molecule has 0 spiro atoms. The van der Waals surface area contributed by atoms with Gasteiger partial charge in [0.2, 0.25) is 0 Å². The Labute approximate surface area is 170 Å². The van der Waals surface area contributed by atoms with Gasteiger partial charge in [-0.25, -0.2) is 9.78 Å². The third kappa shape index (κ3) is 3.74. The molecule has 1 aliphatic rings. The minimum Gasteiger partial charge on any atom is -0.369 e. The summed E-state index contributed by atoms with van der Waals surface area (Å²) in [6.07, 6.45) is 4.64. The molecule has 1 aliphatic heterocycles. The molecule has 4 rings (SSSR count). The van der Waals surface area contributed by atoms with E-state index in [0.29, 0.717) is 30.3 Å². The number of rotatable bonds is 3. The molecule has 29 heavy (non-hydrogen) atoms. The number of piperidine rings is 1. The summed E-state index contributed by atoms with van der Waals surface area (Å²) in [7, 11) is 2.08. The van der Waals surface area contributed by atoms with E-state index in [0.717, 1.165) is 23.1 Å². The van der Waals surface area contributed by atoms with E-state index >= 15 is 0 Å². The fraction of sp³-hybridized carbons (Fsp3) is 0.318. The Morgan fingerprint density at radius 1 is 1.38 bits per heavy atom. The maximum Gasteiger partial charge on any atom is 0.321 e. The summed E-state index contributed by atoms with van der Waals surface area (Å²) in [6.45, 7) is 3.59. The molecule has 7 heteroatoms. The zero-order chi connectivity index (χ0) is 20.4. The average Bonchev–Trinajstić information content (AvgIpc) is 3.22. The third-order valence-corrected chi connectivity index (χ3v) is 5.76. The molecule has 0 bridgehead atoms. The second kappa shape index (κ2) is 7.84. The molecule has 2 N–H and O–H groups in total. The number of carbonyl (C=O) groups excluding carboxylic acids is 1. The molecule has 2 aromatic heterocycles. The lowest BCUT2D eigenvalue weighted by molar-refractivity contribution is 0.172. The SMILES string of the molecule is C[C@@H]1CCN(C(=O)Nc2cccc(C#N)c2)CC1N(C)c1ccnc2[nH]ccc12. The number of nitrogens with one attached hydrogen (secondary N) is 2. The van der Waals surface area contributed by atoms with Crippen molar-refractivity contribution >= 4 is 28.4 Å². The molecule has 3 aromatic rings. The van der Waals surface area contributed by atoms with E-state index < -0.39 is 0 Å². The number of fused-ring (bicyclic) bond motifs is 1. The number of likely N-dealkylation sites (tertiary alicyclic amines) is 1. The van der Waals surface area contributed by atoms with Gasteiger partial charge in [-0.1, -0.05) is 13.0 Å². The lowest BCUT2D eigenvalue weighted by atomic mass is 9.92. The van der Waals surface area contributed by atoms with Crippen molar-refractivity contribution in [3.8, 4) is 6.07 Å². The zero-order valence-electron chi connectivity index (χ0n) is 16.6. The molecule has 2 amide bonds. The third-order valence-electron chi connectivity index (χ3n) is 5.76. The molecule has 2 atom stereocenters. The molecule has 3 heterocycles. The summed E-state index contributed by atoms with van der Waals surface area (Å²) in [6, 6.07) is 13.2. The standard InChI is InChI=1S/C22H24N6O/c1-15-8-11-28(22(29)26-17-5-3-4-16(12-17)13-23)14-20(15)27(2)19-7-10-25-21-18(19)6-9-24-21/h3-7,9-10,12,15,20H,8,11,14H2,1-2H3,(H,24,25)(H,26,29)/t15-,20?/m1/s1. The molecule has 1 fully saturated rings. The van der Waals surface area contributed by atoms with Crippen LogP contribution in [-0.2, 0) is 0 Å². The molecule has 0 aliphatic carbocycles. The second-order valence-corrected chi connectivity index (χ2v) is 7.58. The molecule has 1 aromatic carbocycles. The maximum absolute atomic E-state index is 12.8. The van der Waals surface area contributed by atoms with E-state index in [4.69, 9.17) is 5.26 Å². The quantitative estimate of drug-likeness (QED) is 0.714. The van der Waals surface area contributed by atoms with Crippen LogP contribution >= 0.6 is 0 Å². The molecule has 1 unspecified atom stereocenters. The first kappa shape index (κ1) is 18.8. The minimum atomic E-state index is -0.132. The number of aromatic nitrogens is 2. The number of nitriles is 1. The first-order chi connectivity index (χ1) is 14.1. The summed E-state index contributed by atoms with van der Waals surface area (Å²) in [5, 5.41) is 13.1. The molecule has 0 saturated carbocycles. The smallest absolute Gasteiger partial charge is 0.321 e. The number of urea groups is 1. The Hall–Kier alpha value is -3.53. The molecule has 148 valence electrons. The molecule has 7 nitrogen and oxygen atoms in total. The van der Waals surface area contributed by atoms with Gasteiger partial charge in [-0.15, -0.1) is 0 Å². The van der Waals surface area contributed by atoms with Gasteiger partial charge in [0.25, 0.3) is 0 Å². The van der Waals surface area contributed by atoms with Gasteiger partial charge in [0.15, 0.2) is 0 Å². The Bertz CT molecular complexity index is 1070. The van der Waals surface area contributed by atoms with Gasteiger partial charge in [-0.05, 0) is 42.7 Å². The van der Waals surface area contributed by atoms with Gasteiger partial charge in [0, 0.05) is 55.3 Å². The summed E-state index contributed by atoms with van der Waals surface area (Å²) in [5.41, 5.74) is 3.14. The second-order valence-electron chi connectivity index (χ2n) is 7.58. The summed E-state index contributed by atoms with van der Waals surface area (Å²) in [5.74, 6) is 0.452. The van der Waals surface area contributed by atoms with Crippen molar-refractivity contribution in [2.45, 2.75) is 19.4 Å². The zero-order valence-corrected chi connectivity index (χ0v) is 16.6. The van der Waals surface area contributed by atoms with Gasteiger partial charge in [-0.3, -0.25) is 0 Å². The van der Waals surface area contributed by atoms with Crippen molar-refractivity contribution < 1.29 is 4.79 Å². The average molecular weight is 388 g/mol. The van der Waals surface area contributed by atoms with Crippen LogP contribution in [0.2, 0.25) is 0 Å². The van der Waals surface area contributed by atoms with E-state index in [-0.39, 0.29) is 12.1 Å². The molecule has 0 radical (unpaired) electrons. The van der Waals surface area contributed by atoms with Crippen molar-refractivity contribution in [2.24, 2.45) is 5.92 Å². The van der Waals surface area contributed by atoms with Crippen molar-refractivity contribution in [3.63, 3.8) is 0 Å². The van der Waals surface area contributed by atoms with Crippen molar-refractivity contribution in [3.05, 3.63) is 54.4 Å². The van der Waals surface area contributed by atoms with E-state index in [9.17, 15) is 4.79 Å². The maximum atomic E-state index is 12.8. The van der Waals surface area contributed by atoms with E-state index in [1.54, 1.807) is 24.3 Å². The highest BCUT2D eigenvalue weighted by Crippen LogP contribution is 2.30. The van der Waals surface area contributed by atoms with Gasteiger partial charge >= 0.3 is 6.03 Å². The first-order valence-corrected chi connectivity index (χ1v) is 9.78.